The van der Waals surface area contributed by atoms with E-state index in [0.29, 0.717) is 36.6 Å². The Morgan fingerprint density at radius 3 is 2.84 bits per heavy atom. The number of nitrogen functional groups attached to an aromatic ring is 1. The molecule has 0 spiro atoms. The lowest BCUT2D eigenvalue weighted by atomic mass is 9.96. The summed E-state index contributed by atoms with van der Waals surface area (Å²) in [5, 5.41) is 7.02. The zero-order chi connectivity index (χ0) is 17.8. The Labute approximate surface area is 147 Å². The number of piperidine rings is 1. The Morgan fingerprint density at radius 1 is 1.44 bits per heavy atom. The van der Waals surface area contributed by atoms with E-state index in [4.69, 9.17) is 10.6 Å². The van der Waals surface area contributed by atoms with Gasteiger partial charge in [0.1, 0.15) is 5.82 Å². The zero-order valence-corrected chi connectivity index (χ0v) is 14.8. The van der Waals surface area contributed by atoms with Gasteiger partial charge in [-0.2, -0.15) is 4.98 Å². The molecular formula is C17H26N6O2. The molecule has 1 saturated heterocycles. The van der Waals surface area contributed by atoms with E-state index >= 15 is 0 Å². The van der Waals surface area contributed by atoms with Gasteiger partial charge in [0.05, 0.1) is 5.71 Å². The van der Waals surface area contributed by atoms with Crippen LogP contribution in [-0.4, -0.2) is 47.3 Å². The molecule has 8 heteroatoms. The van der Waals surface area contributed by atoms with Crippen LogP contribution in [0, 0.1) is 11.8 Å². The van der Waals surface area contributed by atoms with Crippen molar-refractivity contribution >= 4 is 23.4 Å². The lowest BCUT2D eigenvalue weighted by Gasteiger charge is -2.32. The van der Waals surface area contributed by atoms with Crippen molar-refractivity contribution in [3.8, 4) is 0 Å². The average molecular weight is 346 g/mol. The molecule has 1 aromatic rings. The molecule has 1 amide bonds. The van der Waals surface area contributed by atoms with Gasteiger partial charge >= 0.3 is 0 Å². The first kappa shape index (κ1) is 17.4. The summed E-state index contributed by atoms with van der Waals surface area (Å²) in [4.78, 5) is 28.2. The fourth-order valence-electron chi connectivity index (χ4n) is 3.09. The van der Waals surface area contributed by atoms with Crippen LogP contribution in [0.5, 0.6) is 0 Å². The second kappa shape index (κ2) is 7.67. The van der Waals surface area contributed by atoms with Crippen LogP contribution in [0.2, 0.25) is 0 Å². The van der Waals surface area contributed by atoms with Crippen molar-refractivity contribution in [3.63, 3.8) is 0 Å². The van der Waals surface area contributed by atoms with Gasteiger partial charge in [-0.15, -0.1) is 0 Å². The van der Waals surface area contributed by atoms with Crippen LogP contribution in [0.4, 0.5) is 11.8 Å². The van der Waals surface area contributed by atoms with Gasteiger partial charge in [0.25, 0.3) is 5.91 Å². The first-order valence-electron chi connectivity index (χ1n) is 8.86. The third-order valence-corrected chi connectivity index (χ3v) is 4.78. The number of nitrogens with zero attached hydrogens (tertiary/aromatic N) is 4. The Balaban J connectivity index is 1.40. The monoisotopic (exact) mass is 346 g/mol. The highest BCUT2D eigenvalue weighted by Gasteiger charge is 2.30. The van der Waals surface area contributed by atoms with Gasteiger partial charge in [-0.1, -0.05) is 19.0 Å². The van der Waals surface area contributed by atoms with Gasteiger partial charge in [0, 0.05) is 32.3 Å². The molecule has 2 aliphatic heterocycles. The summed E-state index contributed by atoms with van der Waals surface area (Å²) in [5.41, 5.74) is 6.67. The van der Waals surface area contributed by atoms with Crippen molar-refractivity contribution in [2.45, 2.75) is 39.2 Å². The highest BCUT2D eigenvalue weighted by atomic mass is 16.6. The first-order chi connectivity index (χ1) is 12.0. The summed E-state index contributed by atoms with van der Waals surface area (Å²) in [6.07, 6.45) is 3.77. The minimum atomic E-state index is -0.474. The number of carbonyl (C=O) groups is 1. The van der Waals surface area contributed by atoms with Crippen molar-refractivity contribution in [1.82, 2.24) is 15.3 Å². The fourth-order valence-corrected chi connectivity index (χ4v) is 3.09. The Kier molecular flexibility index (Phi) is 5.35. The lowest BCUT2D eigenvalue weighted by molar-refractivity contribution is -0.131. The van der Waals surface area contributed by atoms with Crippen LogP contribution >= 0.6 is 0 Å². The summed E-state index contributed by atoms with van der Waals surface area (Å²) in [6.45, 7) is 6.51. The highest BCUT2D eigenvalue weighted by molar-refractivity contribution is 5.93. The van der Waals surface area contributed by atoms with E-state index in [1.54, 1.807) is 12.3 Å². The van der Waals surface area contributed by atoms with E-state index in [9.17, 15) is 4.79 Å². The normalized spacial score (nSPS) is 21.2. The van der Waals surface area contributed by atoms with Crippen molar-refractivity contribution in [3.05, 3.63) is 12.3 Å². The molecule has 0 saturated carbocycles. The molecule has 8 nitrogen and oxygen atoms in total. The van der Waals surface area contributed by atoms with Crippen LogP contribution in [-0.2, 0) is 9.63 Å². The standard InChI is InChI=1S/C17H26N6O2/c1-11(2)13-9-14(25-22-13)16(24)20-10-12-4-7-23(8-5-12)17-19-6-3-15(18)21-17/h3,6,11-12,14H,4-5,7-10H2,1-2H3,(H,20,24)(H2,18,19,21). The smallest absolute Gasteiger partial charge is 0.264 e. The minimum absolute atomic E-state index is 0.0685. The van der Waals surface area contributed by atoms with E-state index in [1.807, 2.05) is 0 Å². The Morgan fingerprint density at radius 2 is 2.20 bits per heavy atom. The second-order valence-corrected chi connectivity index (χ2v) is 6.99. The van der Waals surface area contributed by atoms with E-state index in [0.717, 1.165) is 31.6 Å². The molecule has 0 radical (unpaired) electrons. The van der Waals surface area contributed by atoms with Gasteiger partial charge in [0.2, 0.25) is 12.1 Å². The van der Waals surface area contributed by atoms with Crippen LogP contribution < -0.4 is 16.0 Å². The van der Waals surface area contributed by atoms with Gasteiger partial charge < -0.3 is 20.8 Å². The zero-order valence-electron chi connectivity index (χ0n) is 14.8. The minimum Gasteiger partial charge on any atom is -0.384 e. The number of carbonyl (C=O) groups excluding carboxylic acids is 1. The average Bonchev–Trinajstić information content (AvgIpc) is 3.11. The molecule has 136 valence electrons. The number of rotatable bonds is 5. The van der Waals surface area contributed by atoms with E-state index in [2.05, 4.69) is 39.2 Å². The lowest BCUT2D eigenvalue weighted by Crippen LogP contribution is -2.42. The van der Waals surface area contributed by atoms with E-state index in [-0.39, 0.29) is 5.91 Å². The molecule has 3 heterocycles. The van der Waals surface area contributed by atoms with E-state index in [1.165, 1.54) is 0 Å². The SMILES string of the molecule is CC(C)C1=NOC(C(=O)NCC2CCN(c3nccc(N)n3)CC2)C1. The van der Waals surface area contributed by atoms with Crippen molar-refractivity contribution in [1.29, 1.82) is 0 Å². The number of aromatic nitrogens is 2. The molecule has 0 aromatic carbocycles. The van der Waals surface area contributed by atoms with Gasteiger partial charge in [-0.3, -0.25) is 4.79 Å². The van der Waals surface area contributed by atoms with Gasteiger partial charge in [0.15, 0.2) is 0 Å². The van der Waals surface area contributed by atoms with Gasteiger partial charge in [-0.25, -0.2) is 4.98 Å². The summed E-state index contributed by atoms with van der Waals surface area (Å²) >= 11 is 0. The maximum absolute atomic E-state index is 12.2. The highest BCUT2D eigenvalue weighted by Crippen LogP contribution is 2.21. The summed E-state index contributed by atoms with van der Waals surface area (Å²) in [5.74, 6) is 1.87. The van der Waals surface area contributed by atoms with Crippen LogP contribution in [0.25, 0.3) is 0 Å². The number of oxime groups is 1. The molecule has 3 rings (SSSR count). The summed E-state index contributed by atoms with van der Waals surface area (Å²) in [7, 11) is 0. The summed E-state index contributed by atoms with van der Waals surface area (Å²) < 4.78 is 0. The molecule has 3 N–H and O–H groups in total. The topological polar surface area (TPSA) is 106 Å². The quantitative estimate of drug-likeness (QED) is 0.830. The molecule has 1 aromatic heterocycles. The largest absolute Gasteiger partial charge is 0.384 e. The van der Waals surface area contributed by atoms with Crippen LogP contribution in [0.1, 0.15) is 33.1 Å². The number of hydrogen-bond acceptors (Lipinski definition) is 7. The predicted octanol–water partition coefficient (Wildman–Crippen LogP) is 1.19. The maximum atomic E-state index is 12.2. The number of anilines is 2. The Bertz CT molecular complexity index is 640. The third-order valence-electron chi connectivity index (χ3n) is 4.78. The second-order valence-electron chi connectivity index (χ2n) is 6.99. The van der Waals surface area contributed by atoms with Crippen molar-refractivity contribution in [2.24, 2.45) is 17.0 Å². The number of nitrogens with two attached hydrogens (primary N) is 1. The molecule has 25 heavy (non-hydrogen) atoms. The molecule has 0 aliphatic carbocycles. The van der Waals surface area contributed by atoms with Gasteiger partial charge in [-0.05, 0) is 30.7 Å². The number of hydrogen-bond donors (Lipinski definition) is 2. The molecule has 2 aliphatic rings. The molecule has 0 bridgehead atoms. The molecular weight excluding hydrogens is 320 g/mol. The van der Waals surface area contributed by atoms with Crippen LogP contribution in [0.15, 0.2) is 17.4 Å². The number of nitrogens with one attached hydrogen (secondary N) is 1. The van der Waals surface area contributed by atoms with Crippen LogP contribution in [0.3, 0.4) is 0 Å². The molecule has 1 fully saturated rings. The van der Waals surface area contributed by atoms with E-state index < -0.39 is 6.10 Å². The maximum Gasteiger partial charge on any atom is 0.264 e. The van der Waals surface area contributed by atoms with Crippen molar-refractivity contribution < 1.29 is 9.63 Å². The Hall–Kier alpha value is -2.38. The molecule has 1 unspecified atom stereocenters. The number of amides is 1. The molecule has 1 atom stereocenters. The summed E-state index contributed by atoms with van der Waals surface area (Å²) in [6, 6.07) is 1.69. The predicted molar refractivity (Wildman–Crippen MR) is 96.2 cm³/mol. The first-order valence-corrected chi connectivity index (χ1v) is 8.86. The van der Waals surface area contributed by atoms with Crippen molar-refractivity contribution in [2.75, 3.05) is 30.3 Å². The third kappa shape index (κ3) is 4.37. The fraction of sp³-hybridized carbons (Fsp3) is 0.647.